The summed E-state index contributed by atoms with van der Waals surface area (Å²) >= 11 is 1.65. The van der Waals surface area contributed by atoms with E-state index in [4.69, 9.17) is 0 Å². The van der Waals surface area contributed by atoms with Crippen molar-refractivity contribution in [2.24, 2.45) is 0 Å². The third-order valence-electron chi connectivity index (χ3n) is 2.06. The van der Waals surface area contributed by atoms with Gasteiger partial charge in [-0.3, -0.25) is 0 Å². The lowest BCUT2D eigenvalue weighted by Gasteiger charge is -2.08. The SMILES string of the molecule is COC(=O)C(O)Cc1ccc(SC)cc1. The molecule has 0 heterocycles. The van der Waals surface area contributed by atoms with Crippen LogP contribution in [0, 0.1) is 0 Å². The third-order valence-corrected chi connectivity index (χ3v) is 2.80. The van der Waals surface area contributed by atoms with Crippen molar-refractivity contribution in [3.05, 3.63) is 29.8 Å². The Morgan fingerprint density at radius 1 is 1.47 bits per heavy atom. The molecule has 0 aromatic heterocycles. The zero-order chi connectivity index (χ0) is 11.3. The number of rotatable bonds is 4. The summed E-state index contributed by atoms with van der Waals surface area (Å²) < 4.78 is 4.44. The van der Waals surface area contributed by atoms with Crippen molar-refractivity contribution >= 4 is 17.7 Å². The molecule has 1 rings (SSSR count). The van der Waals surface area contributed by atoms with Crippen LogP contribution < -0.4 is 0 Å². The lowest BCUT2D eigenvalue weighted by atomic mass is 10.1. The van der Waals surface area contributed by atoms with E-state index in [1.165, 1.54) is 7.11 Å². The monoisotopic (exact) mass is 226 g/mol. The summed E-state index contributed by atoms with van der Waals surface area (Å²) in [5.41, 5.74) is 0.922. The molecule has 15 heavy (non-hydrogen) atoms. The minimum Gasteiger partial charge on any atom is -0.467 e. The molecule has 1 aromatic rings. The number of methoxy groups -OCH3 is 1. The second-order valence-electron chi connectivity index (χ2n) is 3.09. The van der Waals surface area contributed by atoms with Gasteiger partial charge in [0.05, 0.1) is 7.11 Å². The maximum Gasteiger partial charge on any atom is 0.335 e. The van der Waals surface area contributed by atoms with Crippen LogP contribution in [-0.4, -0.2) is 30.5 Å². The molecule has 0 amide bonds. The van der Waals surface area contributed by atoms with Gasteiger partial charge in [-0.2, -0.15) is 0 Å². The van der Waals surface area contributed by atoms with Crippen molar-refractivity contribution in [3.63, 3.8) is 0 Å². The number of ether oxygens (including phenoxy) is 1. The van der Waals surface area contributed by atoms with E-state index < -0.39 is 12.1 Å². The molecular weight excluding hydrogens is 212 g/mol. The predicted octanol–water partition coefficient (Wildman–Crippen LogP) is 1.48. The average molecular weight is 226 g/mol. The summed E-state index contributed by atoms with van der Waals surface area (Å²) in [5, 5.41) is 9.42. The van der Waals surface area contributed by atoms with Gasteiger partial charge < -0.3 is 9.84 Å². The Balaban J connectivity index is 2.60. The fourth-order valence-electron chi connectivity index (χ4n) is 1.20. The highest BCUT2D eigenvalue weighted by atomic mass is 32.2. The molecule has 0 aliphatic rings. The van der Waals surface area contributed by atoms with Crippen LogP contribution in [0.15, 0.2) is 29.2 Å². The molecule has 4 heteroatoms. The van der Waals surface area contributed by atoms with E-state index in [-0.39, 0.29) is 0 Å². The second kappa shape index (κ2) is 5.78. The summed E-state index contributed by atoms with van der Waals surface area (Å²) in [6, 6.07) is 7.73. The number of hydrogen-bond donors (Lipinski definition) is 1. The summed E-state index contributed by atoms with van der Waals surface area (Å²) in [7, 11) is 1.27. The lowest BCUT2D eigenvalue weighted by Crippen LogP contribution is -2.23. The average Bonchev–Trinajstić information content (AvgIpc) is 2.29. The number of benzene rings is 1. The smallest absolute Gasteiger partial charge is 0.335 e. The van der Waals surface area contributed by atoms with E-state index in [2.05, 4.69) is 4.74 Å². The molecule has 0 spiro atoms. The van der Waals surface area contributed by atoms with Crippen molar-refractivity contribution in [1.29, 1.82) is 0 Å². The van der Waals surface area contributed by atoms with Crippen molar-refractivity contribution in [1.82, 2.24) is 0 Å². The zero-order valence-electron chi connectivity index (χ0n) is 8.77. The van der Waals surface area contributed by atoms with E-state index in [0.29, 0.717) is 6.42 Å². The Morgan fingerprint density at radius 3 is 2.53 bits per heavy atom. The number of hydrogen-bond acceptors (Lipinski definition) is 4. The van der Waals surface area contributed by atoms with Crippen molar-refractivity contribution in [3.8, 4) is 0 Å². The van der Waals surface area contributed by atoms with Crippen LogP contribution in [0.5, 0.6) is 0 Å². The normalized spacial score (nSPS) is 12.2. The van der Waals surface area contributed by atoms with E-state index in [1.54, 1.807) is 11.8 Å². The molecule has 0 saturated heterocycles. The number of thioether (sulfide) groups is 1. The highest BCUT2D eigenvalue weighted by Crippen LogP contribution is 2.15. The van der Waals surface area contributed by atoms with Crippen molar-refractivity contribution < 1.29 is 14.6 Å². The largest absolute Gasteiger partial charge is 0.467 e. The summed E-state index contributed by atoms with van der Waals surface area (Å²) in [6.07, 6.45) is 1.22. The minimum atomic E-state index is -1.07. The maximum atomic E-state index is 11.0. The molecular formula is C11H14O3S. The van der Waals surface area contributed by atoms with Crippen molar-refractivity contribution in [2.75, 3.05) is 13.4 Å². The fourth-order valence-corrected chi connectivity index (χ4v) is 1.61. The van der Waals surface area contributed by atoms with Gasteiger partial charge in [0.25, 0.3) is 0 Å². The molecule has 1 N–H and O–H groups in total. The molecule has 0 aliphatic heterocycles. The number of esters is 1. The van der Waals surface area contributed by atoms with Gasteiger partial charge in [0.15, 0.2) is 6.10 Å². The molecule has 82 valence electrons. The van der Waals surface area contributed by atoms with Gasteiger partial charge in [-0.15, -0.1) is 11.8 Å². The van der Waals surface area contributed by atoms with E-state index in [1.807, 2.05) is 30.5 Å². The number of aliphatic hydroxyl groups excluding tert-OH is 1. The van der Waals surface area contributed by atoms with Crippen LogP contribution >= 0.6 is 11.8 Å². The molecule has 0 bridgehead atoms. The zero-order valence-corrected chi connectivity index (χ0v) is 9.58. The molecule has 3 nitrogen and oxygen atoms in total. The first kappa shape index (κ1) is 12.1. The van der Waals surface area contributed by atoms with Gasteiger partial charge in [-0.05, 0) is 24.0 Å². The van der Waals surface area contributed by atoms with Crippen LogP contribution in [0.1, 0.15) is 5.56 Å². The molecule has 1 unspecified atom stereocenters. The van der Waals surface area contributed by atoms with Gasteiger partial charge >= 0.3 is 5.97 Å². The highest BCUT2D eigenvalue weighted by molar-refractivity contribution is 7.98. The standard InChI is InChI=1S/C11H14O3S/c1-14-11(13)10(12)7-8-3-5-9(15-2)6-4-8/h3-6,10,12H,7H2,1-2H3. The Kier molecular flexibility index (Phi) is 4.65. The van der Waals surface area contributed by atoms with Crippen LogP contribution in [0.2, 0.25) is 0 Å². The fraction of sp³-hybridized carbons (Fsp3) is 0.364. The highest BCUT2D eigenvalue weighted by Gasteiger charge is 2.15. The van der Waals surface area contributed by atoms with E-state index in [9.17, 15) is 9.90 Å². The van der Waals surface area contributed by atoms with Gasteiger partial charge in [0.1, 0.15) is 0 Å². The number of carbonyl (C=O) groups excluding carboxylic acids is 1. The maximum absolute atomic E-state index is 11.0. The van der Waals surface area contributed by atoms with E-state index in [0.717, 1.165) is 10.5 Å². The lowest BCUT2D eigenvalue weighted by molar-refractivity contribution is -0.150. The van der Waals surface area contributed by atoms with E-state index >= 15 is 0 Å². The van der Waals surface area contributed by atoms with Crippen molar-refractivity contribution in [2.45, 2.75) is 17.4 Å². The second-order valence-corrected chi connectivity index (χ2v) is 3.97. The van der Waals surface area contributed by atoms with Crippen LogP contribution in [0.3, 0.4) is 0 Å². The Morgan fingerprint density at radius 2 is 2.07 bits per heavy atom. The third kappa shape index (κ3) is 3.57. The van der Waals surface area contributed by atoms with Gasteiger partial charge in [-0.1, -0.05) is 12.1 Å². The Labute approximate surface area is 93.4 Å². The Bertz CT molecular complexity index is 321. The minimum absolute atomic E-state index is 0.293. The molecule has 1 aromatic carbocycles. The topological polar surface area (TPSA) is 46.5 Å². The Hall–Kier alpha value is -1.00. The van der Waals surface area contributed by atoms with Gasteiger partial charge in [0, 0.05) is 11.3 Å². The van der Waals surface area contributed by atoms with Crippen LogP contribution in [0.25, 0.3) is 0 Å². The first-order valence-electron chi connectivity index (χ1n) is 4.56. The summed E-state index contributed by atoms with van der Waals surface area (Å²) in [5.74, 6) is -0.594. The quantitative estimate of drug-likeness (QED) is 0.624. The first-order chi connectivity index (χ1) is 7.17. The van der Waals surface area contributed by atoms with Gasteiger partial charge in [0.2, 0.25) is 0 Å². The molecule has 0 fully saturated rings. The molecule has 1 atom stereocenters. The molecule has 0 aliphatic carbocycles. The molecule has 0 radical (unpaired) electrons. The first-order valence-corrected chi connectivity index (χ1v) is 5.78. The number of carbonyl (C=O) groups is 1. The molecule has 0 saturated carbocycles. The summed E-state index contributed by atoms with van der Waals surface area (Å²) in [6.45, 7) is 0. The predicted molar refractivity (Wildman–Crippen MR) is 59.9 cm³/mol. The van der Waals surface area contributed by atoms with Crippen LogP contribution in [-0.2, 0) is 16.0 Å². The summed E-state index contributed by atoms with van der Waals surface area (Å²) in [4.78, 5) is 12.1. The van der Waals surface area contributed by atoms with Gasteiger partial charge in [-0.25, -0.2) is 4.79 Å². The van der Waals surface area contributed by atoms with Crippen LogP contribution in [0.4, 0.5) is 0 Å². The number of aliphatic hydroxyl groups is 1.